The van der Waals surface area contributed by atoms with E-state index in [1.807, 2.05) is 0 Å². The molecule has 0 radical (unpaired) electrons. The molecular formula is C11H8BrFN2O5. The Morgan fingerprint density at radius 2 is 2.20 bits per heavy atom. The molecule has 1 unspecified atom stereocenters. The number of carbonyl (C=O) groups is 2. The van der Waals surface area contributed by atoms with Gasteiger partial charge in [-0.1, -0.05) is 0 Å². The molecule has 1 amide bonds. The molecule has 106 valence electrons. The quantitative estimate of drug-likeness (QED) is 0.665. The number of carbonyl (C=O) groups excluding carboxylic acids is 1. The molecule has 9 heteroatoms. The zero-order chi connectivity index (χ0) is 15.0. The highest BCUT2D eigenvalue weighted by molar-refractivity contribution is 9.10. The van der Waals surface area contributed by atoms with Crippen molar-refractivity contribution in [2.75, 3.05) is 11.4 Å². The molecule has 1 aromatic carbocycles. The second kappa shape index (κ2) is 5.16. The molecule has 7 nitrogen and oxygen atoms in total. The van der Waals surface area contributed by atoms with Gasteiger partial charge >= 0.3 is 5.97 Å². The summed E-state index contributed by atoms with van der Waals surface area (Å²) in [6, 6.07) is 1.80. The van der Waals surface area contributed by atoms with Crippen molar-refractivity contribution in [3.63, 3.8) is 0 Å². The van der Waals surface area contributed by atoms with Crippen LogP contribution in [-0.2, 0) is 9.59 Å². The molecule has 0 aliphatic carbocycles. The van der Waals surface area contributed by atoms with Gasteiger partial charge < -0.3 is 10.0 Å². The SMILES string of the molecule is O=C(O)C1CC(=O)N(c2cc(F)c(Br)cc2[N+](=O)[O-])C1. The number of rotatable bonds is 3. The number of halogens is 2. The number of aliphatic carboxylic acids is 1. The highest BCUT2D eigenvalue weighted by Gasteiger charge is 2.38. The van der Waals surface area contributed by atoms with Crippen LogP contribution in [0.25, 0.3) is 0 Å². The molecule has 1 aliphatic rings. The lowest BCUT2D eigenvalue weighted by atomic mass is 10.1. The molecule has 1 fully saturated rings. The monoisotopic (exact) mass is 346 g/mol. The summed E-state index contributed by atoms with van der Waals surface area (Å²) in [7, 11) is 0. The van der Waals surface area contributed by atoms with Crippen molar-refractivity contribution in [3.05, 3.63) is 32.5 Å². The third-order valence-corrected chi connectivity index (χ3v) is 3.59. The molecule has 1 aliphatic heterocycles. The van der Waals surface area contributed by atoms with Gasteiger partial charge in [-0.05, 0) is 15.9 Å². The van der Waals surface area contributed by atoms with Gasteiger partial charge in [0.15, 0.2) is 0 Å². The van der Waals surface area contributed by atoms with E-state index in [4.69, 9.17) is 5.11 Å². The summed E-state index contributed by atoms with van der Waals surface area (Å²) in [5.74, 6) is -3.46. The third-order valence-electron chi connectivity index (χ3n) is 2.98. The van der Waals surface area contributed by atoms with E-state index in [-0.39, 0.29) is 23.1 Å². The molecule has 1 N–H and O–H groups in total. The van der Waals surface area contributed by atoms with Crippen LogP contribution in [0.1, 0.15) is 6.42 Å². The molecule has 0 spiro atoms. The molecule has 0 aromatic heterocycles. The first kappa shape index (κ1) is 14.4. The van der Waals surface area contributed by atoms with Gasteiger partial charge in [-0.3, -0.25) is 19.7 Å². The Kier molecular flexibility index (Phi) is 3.71. The predicted molar refractivity (Wildman–Crippen MR) is 68.9 cm³/mol. The first-order valence-electron chi connectivity index (χ1n) is 5.48. The van der Waals surface area contributed by atoms with E-state index in [1.54, 1.807) is 0 Å². The summed E-state index contributed by atoms with van der Waals surface area (Å²) >= 11 is 2.83. The molecule has 0 saturated carbocycles. The second-order valence-corrected chi connectivity index (χ2v) is 5.11. The predicted octanol–water partition coefficient (Wildman–Crippen LogP) is 1.93. The average Bonchev–Trinajstić information content (AvgIpc) is 2.74. The number of nitrogens with zero attached hydrogens (tertiary/aromatic N) is 2. The van der Waals surface area contributed by atoms with E-state index in [0.717, 1.165) is 17.0 Å². The summed E-state index contributed by atoms with van der Waals surface area (Å²) in [6.45, 7) is -0.212. The van der Waals surface area contributed by atoms with Crippen LogP contribution in [0.5, 0.6) is 0 Å². The molecule has 1 atom stereocenters. The van der Waals surface area contributed by atoms with E-state index in [9.17, 15) is 24.1 Å². The summed E-state index contributed by atoms with van der Waals surface area (Å²) < 4.78 is 13.4. The highest BCUT2D eigenvalue weighted by Crippen LogP contribution is 2.36. The highest BCUT2D eigenvalue weighted by atomic mass is 79.9. The molecule has 1 aromatic rings. The lowest BCUT2D eigenvalue weighted by molar-refractivity contribution is -0.384. The smallest absolute Gasteiger partial charge is 0.308 e. The van der Waals surface area contributed by atoms with Gasteiger partial charge in [0, 0.05) is 25.1 Å². The zero-order valence-electron chi connectivity index (χ0n) is 9.88. The summed E-state index contributed by atoms with van der Waals surface area (Å²) in [4.78, 5) is 33.8. The van der Waals surface area contributed by atoms with Gasteiger partial charge in [-0.2, -0.15) is 0 Å². The molecule has 0 bridgehead atoms. The minimum Gasteiger partial charge on any atom is -0.481 e. The Balaban J connectivity index is 2.47. The summed E-state index contributed by atoms with van der Waals surface area (Å²) in [5.41, 5.74) is -0.692. The standard InChI is InChI=1S/C11H8BrFN2O5/c12-6-2-9(15(19)20)8(3-7(6)13)14-4-5(11(17)18)1-10(14)16/h2-3,5H,1,4H2,(H,17,18). The van der Waals surface area contributed by atoms with Crippen LogP contribution in [0, 0.1) is 21.8 Å². The van der Waals surface area contributed by atoms with Crippen LogP contribution in [0.4, 0.5) is 15.8 Å². The number of nitro groups is 1. The third kappa shape index (κ3) is 2.48. The Hall–Kier alpha value is -2.03. The van der Waals surface area contributed by atoms with E-state index in [1.165, 1.54) is 0 Å². The van der Waals surface area contributed by atoms with Crippen LogP contribution in [0.2, 0.25) is 0 Å². The summed E-state index contributed by atoms with van der Waals surface area (Å²) in [5, 5.41) is 19.9. The van der Waals surface area contributed by atoms with Gasteiger partial charge in [0.1, 0.15) is 11.5 Å². The maximum absolute atomic E-state index is 13.5. The Bertz CT molecular complexity index is 621. The number of nitro benzene ring substituents is 1. The normalized spacial score (nSPS) is 18.4. The van der Waals surface area contributed by atoms with Gasteiger partial charge in [-0.25, -0.2) is 4.39 Å². The minimum absolute atomic E-state index is 0.102. The number of carboxylic acid groups (broad SMARTS) is 1. The number of benzene rings is 1. The van der Waals surface area contributed by atoms with E-state index < -0.39 is 34.2 Å². The van der Waals surface area contributed by atoms with Crippen LogP contribution < -0.4 is 4.90 Å². The molecule has 1 saturated heterocycles. The summed E-state index contributed by atoms with van der Waals surface area (Å²) in [6.07, 6.45) is -0.260. The Morgan fingerprint density at radius 1 is 1.55 bits per heavy atom. The van der Waals surface area contributed by atoms with Crippen LogP contribution in [0.15, 0.2) is 16.6 Å². The fraction of sp³-hybridized carbons (Fsp3) is 0.273. The van der Waals surface area contributed by atoms with Crippen molar-refractivity contribution in [2.45, 2.75) is 6.42 Å². The van der Waals surface area contributed by atoms with Gasteiger partial charge in [0.2, 0.25) is 5.91 Å². The molecule has 2 rings (SSSR count). The largest absolute Gasteiger partial charge is 0.481 e. The van der Waals surface area contributed by atoms with Gasteiger partial charge in [-0.15, -0.1) is 0 Å². The van der Waals surface area contributed by atoms with E-state index >= 15 is 0 Å². The van der Waals surface area contributed by atoms with Gasteiger partial charge in [0.25, 0.3) is 5.69 Å². The fourth-order valence-electron chi connectivity index (χ4n) is 1.99. The lowest BCUT2D eigenvalue weighted by Crippen LogP contribution is -2.26. The number of carboxylic acids is 1. The van der Waals surface area contributed by atoms with Crippen molar-refractivity contribution in [2.24, 2.45) is 5.92 Å². The minimum atomic E-state index is -1.17. The van der Waals surface area contributed by atoms with Gasteiger partial charge in [0.05, 0.1) is 15.3 Å². The molecule has 1 heterocycles. The van der Waals surface area contributed by atoms with Crippen LogP contribution in [0.3, 0.4) is 0 Å². The van der Waals surface area contributed by atoms with Crippen LogP contribution in [-0.4, -0.2) is 28.5 Å². The number of anilines is 1. The Morgan fingerprint density at radius 3 is 2.70 bits per heavy atom. The van der Waals surface area contributed by atoms with E-state index in [2.05, 4.69) is 15.9 Å². The fourth-order valence-corrected chi connectivity index (χ4v) is 2.33. The maximum atomic E-state index is 13.5. The van der Waals surface area contributed by atoms with Crippen molar-refractivity contribution < 1.29 is 24.0 Å². The molecule has 20 heavy (non-hydrogen) atoms. The Labute approximate surface area is 120 Å². The van der Waals surface area contributed by atoms with Crippen molar-refractivity contribution in [1.29, 1.82) is 0 Å². The zero-order valence-corrected chi connectivity index (χ0v) is 11.5. The van der Waals surface area contributed by atoms with Crippen molar-refractivity contribution >= 4 is 39.2 Å². The number of hydrogen-bond acceptors (Lipinski definition) is 4. The number of hydrogen-bond donors (Lipinski definition) is 1. The first-order valence-corrected chi connectivity index (χ1v) is 6.27. The van der Waals surface area contributed by atoms with Crippen molar-refractivity contribution in [3.8, 4) is 0 Å². The average molecular weight is 347 g/mol. The molecular weight excluding hydrogens is 339 g/mol. The first-order chi connectivity index (χ1) is 9.31. The van der Waals surface area contributed by atoms with Crippen molar-refractivity contribution in [1.82, 2.24) is 0 Å². The second-order valence-electron chi connectivity index (χ2n) is 4.26. The number of amides is 1. The topological polar surface area (TPSA) is 101 Å². The van der Waals surface area contributed by atoms with Crippen LogP contribution >= 0.6 is 15.9 Å². The van der Waals surface area contributed by atoms with E-state index in [0.29, 0.717) is 0 Å². The lowest BCUT2D eigenvalue weighted by Gasteiger charge is -2.16. The maximum Gasteiger partial charge on any atom is 0.308 e.